The van der Waals surface area contributed by atoms with Gasteiger partial charge in [0.15, 0.2) is 0 Å². The Hall–Kier alpha value is -2.28. The van der Waals surface area contributed by atoms with Crippen LogP contribution < -0.4 is 4.74 Å². The second kappa shape index (κ2) is 8.39. The zero-order valence-electron chi connectivity index (χ0n) is 17.3. The zero-order chi connectivity index (χ0) is 21.1. The Balaban J connectivity index is 2.15. The maximum atomic E-state index is 12.4. The highest BCUT2D eigenvalue weighted by Gasteiger charge is 2.46. The number of carboxylic acid groups (broad SMARTS) is 1. The molecule has 156 valence electrons. The third-order valence-electron chi connectivity index (χ3n) is 4.52. The molecule has 1 saturated heterocycles. The quantitative estimate of drug-likeness (QED) is 0.794. The molecule has 1 aliphatic heterocycles. The van der Waals surface area contributed by atoms with E-state index in [1.807, 2.05) is 34.6 Å². The van der Waals surface area contributed by atoms with Crippen molar-refractivity contribution in [1.29, 1.82) is 0 Å². The number of benzene rings is 1. The first-order valence-corrected chi connectivity index (χ1v) is 9.60. The number of carbonyl (C=O) groups excluding carboxylic acids is 1. The van der Waals surface area contributed by atoms with Gasteiger partial charge in [0.1, 0.15) is 23.1 Å². The first-order chi connectivity index (χ1) is 12.9. The molecule has 1 aromatic rings. The van der Waals surface area contributed by atoms with Gasteiger partial charge >= 0.3 is 12.1 Å². The SMILES string of the molecule is CC(C)C[C@]1(O)CN(C(=O)OC(C)(C)C)CC[C@@H]1Oc1ccc(C(=O)O)cc1. The molecule has 1 fully saturated rings. The standard InChI is InChI=1S/C21H31NO6/c1-14(2)12-21(26)13-22(19(25)28-20(3,4)5)11-10-17(21)27-16-8-6-15(7-9-16)18(23)24/h6-9,14,17,26H,10-13H2,1-5H3,(H,23,24)/t17-,21-/m0/s1. The van der Waals surface area contributed by atoms with Crippen molar-refractivity contribution in [2.24, 2.45) is 5.92 Å². The van der Waals surface area contributed by atoms with E-state index in [1.165, 1.54) is 17.0 Å². The summed E-state index contributed by atoms with van der Waals surface area (Å²) in [5.41, 5.74) is -1.66. The maximum absolute atomic E-state index is 12.4. The summed E-state index contributed by atoms with van der Waals surface area (Å²) in [6, 6.07) is 6.10. The first kappa shape index (κ1) is 22.0. The number of hydrogen-bond acceptors (Lipinski definition) is 5. The molecule has 0 aromatic heterocycles. The van der Waals surface area contributed by atoms with Crippen molar-refractivity contribution in [3.8, 4) is 5.75 Å². The minimum atomic E-state index is -1.23. The number of aromatic carboxylic acids is 1. The highest BCUT2D eigenvalue weighted by Crippen LogP contribution is 2.32. The van der Waals surface area contributed by atoms with E-state index in [0.29, 0.717) is 25.1 Å². The predicted octanol–water partition coefficient (Wildman–Crippen LogP) is 3.55. The Kier molecular flexibility index (Phi) is 6.59. The Morgan fingerprint density at radius 1 is 1.25 bits per heavy atom. The summed E-state index contributed by atoms with van der Waals surface area (Å²) >= 11 is 0. The molecular weight excluding hydrogens is 362 g/mol. The number of amides is 1. The van der Waals surface area contributed by atoms with Gasteiger partial charge in [0.2, 0.25) is 0 Å². The monoisotopic (exact) mass is 393 g/mol. The van der Waals surface area contributed by atoms with E-state index in [0.717, 1.165) is 0 Å². The van der Waals surface area contributed by atoms with Crippen molar-refractivity contribution in [3.05, 3.63) is 29.8 Å². The molecule has 1 aliphatic rings. The number of nitrogens with zero attached hydrogens (tertiary/aromatic N) is 1. The molecule has 28 heavy (non-hydrogen) atoms. The topological polar surface area (TPSA) is 96.3 Å². The molecule has 0 bridgehead atoms. The Bertz CT molecular complexity index is 694. The smallest absolute Gasteiger partial charge is 0.410 e. The fourth-order valence-electron chi connectivity index (χ4n) is 3.45. The van der Waals surface area contributed by atoms with Crippen LogP contribution in [0, 0.1) is 5.92 Å². The fourth-order valence-corrected chi connectivity index (χ4v) is 3.45. The number of hydrogen-bond donors (Lipinski definition) is 2. The van der Waals surface area contributed by atoms with E-state index < -0.39 is 29.4 Å². The van der Waals surface area contributed by atoms with Crippen molar-refractivity contribution in [1.82, 2.24) is 4.90 Å². The molecule has 7 heteroatoms. The van der Waals surface area contributed by atoms with Crippen LogP contribution in [0.5, 0.6) is 5.75 Å². The molecule has 2 atom stereocenters. The molecule has 0 unspecified atom stereocenters. The summed E-state index contributed by atoms with van der Waals surface area (Å²) in [6.45, 7) is 9.96. The lowest BCUT2D eigenvalue weighted by Gasteiger charge is -2.45. The average molecular weight is 393 g/mol. The highest BCUT2D eigenvalue weighted by atomic mass is 16.6. The summed E-state index contributed by atoms with van der Waals surface area (Å²) in [5.74, 6) is -0.319. The third-order valence-corrected chi connectivity index (χ3v) is 4.52. The number of rotatable bonds is 5. The van der Waals surface area contributed by atoms with Crippen LogP contribution in [0.4, 0.5) is 4.79 Å². The van der Waals surface area contributed by atoms with E-state index in [2.05, 4.69) is 0 Å². The number of likely N-dealkylation sites (tertiary alicyclic amines) is 1. The lowest BCUT2D eigenvalue weighted by molar-refractivity contribution is -0.119. The van der Waals surface area contributed by atoms with Gasteiger partial charge in [-0.3, -0.25) is 0 Å². The average Bonchev–Trinajstić information content (AvgIpc) is 2.54. The second-order valence-electron chi connectivity index (χ2n) is 8.83. The van der Waals surface area contributed by atoms with Crippen molar-refractivity contribution < 1.29 is 29.3 Å². The molecule has 1 aromatic carbocycles. The van der Waals surface area contributed by atoms with E-state index >= 15 is 0 Å². The number of piperidine rings is 1. The number of ether oxygens (including phenoxy) is 2. The van der Waals surface area contributed by atoms with Gasteiger partial charge in [0.25, 0.3) is 0 Å². The van der Waals surface area contributed by atoms with Gasteiger partial charge in [-0.25, -0.2) is 9.59 Å². The summed E-state index contributed by atoms with van der Waals surface area (Å²) in [5, 5.41) is 20.4. The number of carboxylic acids is 1. The highest BCUT2D eigenvalue weighted by molar-refractivity contribution is 5.87. The van der Waals surface area contributed by atoms with Crippen molar-refractivity contribution in [2.45, 2.75) is 64.8 Å². The molecule has 0 saturated carbocycles. The van der Waals surface area contributed by atoms with Crippen LogP contribution in [-0.2, 0) is 4.74 Å². The third kappa shape index (κ3) is 5.86. The first-order valence-electron chi connectivity index (χ1n) is 9.60. The molecule has 2 N–H and O–H groups in total. The zero-order valence-corrected chi connectivity index (χ0v) is 17.3. The van der Waals surface area contributed by atoms with Gasteiger partial charge in [-0.05, 0) is 57.4 Å². The van der Waals surface area contributed by atoms with Crippen LogP contribution in [0.15, 0.2) is 24.3 Å². The van der Waals surface area contributed by atoms with Crippen LogP contribution in [0.1, 0.15) is 57.8 Å². The molecule has 1 amide bonds. The molecule has 0 radical (unpaired) electrons. The maximum Gasteiger partial charge on any atom is 0.410 e. The summed E-state index contributed by atoms with van der Waals surface area (Å²) in [7, 11) is 0. The summed E-state index contributed by atoms with van der Waals surface area (Å²) < 4.78 is 11.5. The molecule has 1 heterocycles. The van der Waals surface area contributed by atoms with E-state index in [4.69, 9.17) is 14.6 Å². The summed E-state index contributed by atoms with van der Waals surface area (Å²) in [6.07, 6.45) is -0.0453. The van der Waals surface area contributed by atoms with Crippen LogP contribution in [-0.4, -0.2) is 57.6 Å². The van der Waals surface area contributed by atoms with Gasteiger partial charge in [-0.2, -0.15) is 0 Å². The predicted molar refractivity (Wildman–Crippen MR) is 105 cm³/mol. The van der Waals surface area contributed by atoms with Crippen LogP contribution in [0.25, 0.3) is 0 Å². The summed E-state index contributed by atoms with van der Waals surface area (Å²) in [4.78, 5) is 25.0. The van der Waals surface area contributed by atoms with Crippen molar-refractivity contribution in [3.63, 3.8) is 0 Å². The largest absolute Gasteiger partial charge is 0.487 e. The number of β-amino-alcohol motifs (C(OH)–C–C–N with tert-alkyl or cyclic N) is 1. The molecular formula is C21H31NO6. The lowest BCUT2D eigenvalue weighted by Crippen LogP contribution is -2.61. The van der Waals surface area contributed by atoms with Crippen molar-refractivity contribution >= 4 is 12.1 Å². The van der Waals surface area contributed by atoms with Crippen molar-refractivity contribution in [2.75, 3.05) is 13.1 Å². The van der Waals surface area contributed by atoms with Gasteiger partial charge in [0, 0.05) is 13.0 Å². The van der Waals surface area contributed by atoms with Crippen LogP contribution in [0.2, 0.25) is 0 Å². The van der Waals surface area contributed by atoms with E-state index in [9.17, 15) is 14.7 Å². The molecule has 0 spiro atoms. The molecule has 0 aliphatic carbocycles. The number of carbonyl (C=O) groups is 2. The molecule has 7 nitrogen and oxygen atoms in total. The minimum Gasteiger partial charge on any atom is -0.487 e. The Morgan fingerprint density at radius 3 is 2.36 bits per heavy atom. The lowest BCUT2D eigenvalue weighted by atomic mass is 9.82. The van der Waals surface area contributed by atoms with Gasteiger partial charge in [0.05, 0.1) is 12.1 Å². The van der Waals surface area contributed by atoms with Gasteiger partial charge in [-0.15, -0.1) is 0 Å². The van der Waals surface area contributed by atoms with Gasteiger partial charge in [-0.1, -0.05) is 13.8 Å². The molecule has 2 rings (SSSR count). The normalized spacial score (nSPS) is 22.8. The number of aliphatic hydroxyl groups is 1. The second-order valence-corrected chi connectivity index (χ2v) is 8.83. The van der Waals surface area contributed by atoms with Crippen LogP contribution in [0.3, 0.4) is 0 Å². The van der Waals surface area contributed by atoms with E-state index in [-0.39, 0.29) is 18.0 Å². The Morgan fingerprint density at radius 2 is 1.86 bits per heavy atom. The van der Waals surface area contributed by atoms with E-state index in [1.54, 1.807) is 12.1 Å². The van der Waals surface area contributed by atoms with Gasteiger partial charge < -0.3 is 24.6 Å². The minimum absolute atomic E-state index is 0.123. The van der Waals surface area contributed by atoms with Crippen LogP contribution >= 0.6 is 0 Å². The Labute approximate surface area is 166 Å². The fraction of sp³-hybridized carbons (Fsp3) is 0.619.